The fourth-order valence-electron chi connectivity index (χ4n) is 4.32. The monoisotopic (exact) mass is 510 g/mol. The van der Waals surface area contributed by atoms with Crippen molar-refractivity contribution < 1.29 is 13.6 Å². The van der Waals surface area contributed by atoms with Gasteiger partial charge in [-0.2, -0.15) is 0 Å². The van der Waals surface area contributed by atoms with Crippen molar-refractivity contribution in [2.75, 3.05) is 5.32 Å². The van der Waals surface area contributed by atoms with Crippen molar-refractivity contribution in [1.29, 1.82) is 0 Å². The van der Waals surface area contributed by atoms with Crippen molar-refractivity contribution in [1.82, 2.24) is 14.5 Å². The summed E-state index contributed by atoms with van der Waals surface area (Å²) in [5.74, 6) is -0.736. The zero-order chi connectivity index (χ0) is 26.6. The molecule has 0 fully saturated rings. The summed E-state index contributed by atoms with van der Waals surface area (Å²) in [5.41, 5.74) is 1.39. The van der Waals surface area contributed by atoms with Crippen LogP contribution < -0.4 is 10.9 Å². The van der Waals surface area contributed by atoms with E-state index in [0.717, 1.165) is 5.56 Å². The highest BCUT2D eigenvalue weighted by Gasteiger charge is 2.28. The zero-order valence-electron chi connectivity index (χ0n) is 20.5. The van der Waals surface area contributed by atoms with E-state index in [1.54, 1.807) is 37.3 Å². The number of hydrogen-bond acceptors (Lipinski definition) is 3. The van der Waals surface area contributed by atoms with Crippen LogP contribution in [0.1, 0.15) is 24.4 Å². The molecule has 0 spiro atoms. The Morgan fingerprint density at radius 2 is 1.55 bits per heavy atom. The van der Waals surface area contributed by atoms with E-state index in [9.17, 15) is 18.4 Å². The summed E-state index contributed by atoms with van der Waals surface area (Å²) in [4.78, 5) is 33.6. The van der Waals surface area contributed by atoms with Crippen LogP contribution in [0.15, 0.2) is 108 Å². The molecule has 0 aliphatic heterocycles. The summed E-state index contributed by atoms with van der Waals surface area (Å²) in [6, 6.07) is 26.3. The van der Waals surface area contributed by atoms with Crippen LogP contribution in [0.3, 0.4) is 0 Å². The van der Waals surface area contributed by atoms with Crippen molar-refractivity contribution in [2.24, 2.45) is 0 Å². The zero-order valence-corrected chi connectivity index (χ0v) is 20.5. The molecule has 0 bridgehead atoms. The number of benzene rings is 4. The fraction of sp³-hybridized carbons (Fsp3) is 0.100. The number of carbonyl (C=O) groups excluding carboxylic acids is 1. The Balaban J connectivity index is 1.65. The fourth-order valence-corrected chi connectivity index (χ4v) is 4.32. The third-order valence-electron chi connectivity index (χ3n) is 6.30. The number of fused-ring (bicyclic) bond motifs is 1. The van der Waals surface area contributed by atoms with Crippen LogP contribution in [-0.2, 0) is 6.54 Å². The lowest BCUT2D eigenvalue weighted by molar-refractivity contribution is 0.185. The van der Waals surface area contributed by atoms with E-state index in [0.29, 0.717) is 16.6 Å². The Hall–Kier alpha value is -4.85. The van der Waals surface area contributed by atoms with Gasteiger partial charge in [-0.3, -0.25) is 9.36 Å². The molecule has 0 radical (unpaired) electrons. The van der Waals surface area contributed by atoms with Crippen LogP contribution in [0, 0.1) is 11.6 Å². The standard InChI is InChI=1S/C30H24F2N4O2/c1-20(35(19-21-9-3-2-4-10-21)30(38)34-27-14-8-6-12-25(27)32)28-33-26-13-7-5-11-24(26)29(37)36(28)23-17-15-22(31)16-18-23/h2-18,20H,19H2,1H3,(H,34,38). The maximum Gasteiger partial charge on any atom is 0.322 e. The van der Waals surface area contributed by atoms with Gasteiger partial charge in [0.15, 0.2) is 0 Å². The van der Waals surface area contributed by atoms with Crippen LogP contribution in [0.2, 0.25) is 0 Å². The maximum atomic E-state index is 14.4. The van der Waals surface area contributed by atoms with Gasteiger partial charge in [0.1, 0.15) is 17.5 Å². The molecule has 2 amide bonds. The number of rotatable bonds is 6. The lowest BCUT2D eigenvalue weighted by Gasteiger charge is -2.31. The van der Waals surface area contributed by atoms with Crippen molar-refractivity contribution >= 4 is 22.6 Å². The summed E-state index contributed by atoms with van der Waals surface area (Å²) in [7, 11) is 0. The van der Waals surface area contributed by atoms with Crippen molar-refractivity contribution in [2.45, 2.75) is 19.5 Å². The molecule has 190 valence electrons. The summed E-state index contributed by atoms with van der Waals surface area (Å²) < 4.78 is 29.5. The smallest absolute Gasteiger partial charge is 0.310 e. The highest BCUT2D eigenvalue weighted by Crippen LogP contribution is 2.26. The van der Waals surface area contributed by atoms with Gasteiger partial charge in [0, 0.05) is 6.54 Å². The molecule has 6 nitrogen and oxygen atoms in total. The number of nitrogens with one attached hydrogen (secondary N) is 1. The molecule has 8 heteroatoms. The number of carbonyl (C=O) groups is 1. The molecule has 0 saturated heterocycles. The Morgan fingerprint density at radius 3 is 2.29 bits per heavy atom. The summed E-state index contributed by atoms with van der Waals surface area (Å²) >= 11 is 0. The first-order chi connectivity index (χ1) is 18.4. The minimum Gasteiger partial charge on any atom is -0.310 e. The summed E-state index contributed by atoms with van der Waals surface area (Å²) in [5, 5.41) is 3.03. The van der Waals surface area contributed by atoms with Gasteiger partial charge in [0.05, 0.1) is 28.3 Å². The third kappa shape index (κ3) is 5.01. The largest absolute Gasteiger partial charge is 0.322 e. The number of hydrogen-bond donors (Lipinski definition) is 1. The van der Waals surface area contributed by atoms with E-state index >= 15 is 0 Å². The Labute approximate surface area is 217 Å². The predicted octanol–water partition coefficient (Wildman–Crippen LogP) is 6.46. The number of amides is 2. The molecule has 0 saturated carbocycles. The van der Waals surface area contributed by atoms with E-state index in [1.165, 1.54) is 51.9 Å². The Kier molecular flexibility index (Phi) is 6.95. The lowest BCUT2D eigenvalue weighted by Crippen LogP contribution is -2.39. The van der Waals surface area contributed by atoms with Gasteiger partial charge in [0.25, 0.3) is 5.56 Å². The van der Waals surface area contributed by atoms with Gasteiger partial charge < -0.3 is 10.2 Å². The molecule has 1 unspecified atom stereocenters. The van der Waals surface area contributed by atoms with Crippen LogP contribution in [0.25, 0.3) is 16.6 Å². The van der Waals surface area contributed by atoms with Crippen LogP contribution in [0.5, 0.6) is 0 Å². The van der Waals surface area contributed by atoms with Crippen molar-refractivity contribution in [3.8, 4) is 5.69 Å². The number of para-hydroxylation sites is 2. The highest BCUT2D eigenvalue weighted by atomic mass is 19.1. The van der Waals surface area contributed by atoms with Gasteiger partial charge >= 0.3 is 6.03 Å². The van der Waals surface area contributed by atoms with E-state index < -0.39 is 23.7 Å². The van der Waals surface area contributed by atoms with Gasteiger partial charge in [0.2, 0.25) is 0 Å². The minimum atomic E-state index is -0.746. The normalized spacial score (nSPS) is 11.8. The van der Waals surface area contributed by atoms with Gasteiger partial charge in [-0.25, -0.2) is 18.6 Å². The molecule has 1 aromatic heterocycles. The number of aromatic nitrogens is 2. The minimum absolute atomic E-state index is 0.0326. The number of urea groups is 1. The molecule has 0 aliphatic carbocycles. The second-order valence-electron chi connectivity index (χ2n) is 8.80. The van der Waals surface area contributed by atoms with Gasteiger partial charge in [-0.15, -0.1) is 0 Å². The van der Waals surface area contributed by atoms with E-state index in [1.807, 2.05) is 30.3 Å². The number of anilines is 1. The van der Waals surface area contributed by atoms with Gasteiger partial charge in [-0.1, -0.05) is 54.6 Å². The molecular weight excluding hydrogens is 486 g/mol. The van der Waals surface area contributed by atoms with Crippen LogP contribution in [0.4, 0.5) is 19.3 Å². The predicted molar refractivity (Wildman–Crippen MR) is 143 cm³/mol. The average molecular weight is 511 g/mol. The molecule has 5 rings (SSSR count). The van der Waals surface area contributed by atoms with Gasteiger partial charge in [-0.05, 0) is 61.0 Å². The highest BCUT2D eigenvalue weighted by molar-refractivity contribution is 5.89. The average Bonchev–Trinajstić information content (AvgIpc) is 2.94. The first-order valence-corrected chi connectivity index (χ1v) is 12.1. The van der Waals surface area contributed by atoms with E-state index in [4.69, 9.17) is 4.98 Å². The SMILES string of the molecule is CC(c1nc2ccccc2c(=O)n1-c1ccc(F)cc1)N(Cc1ccccc1)C(=O)Nc1ccccc1F. The summed E-state index contributed by atoms with van der Waals surface area (Å²) in [6.45, 7) is 1.91. The molecule has 5 aromatic rings. The maximum absolute atomic E-state index is 14.4. The van der Waals surface area contributed by atoms with E-state index in [-0.39, 0.29) is 23.6 Å². The molecule has 4 aromatic carbocycles. The molecule has 1 atom stereocenters. The Bertz CT molecular complexity index is 1650. The summed E-state index contributed by atoms with van der Waals surface area (Å²) in [6.07, 6.45) is 0. The molecular formula is C30H24F2N4O2. The molecule has 38 heavy (non-hydrogen) atoms. The molecule has 0 aliphatic rings. The lowest BCUT2D eigenvalue weighted by atomic mass is 10.1. The first kappa shape index (κ1) is 24.8. The quantitative estimate of drug-likeness (QED) is 0.285. The number of nitrogens with zero attached hydrogens (tertiary/aromatic N) is 3. The Morgan fingerprint density at radius 1 is 0.895 bits per heavy atom. The van der Waals surface area contributed by atoms with Crippen molar-refractivity contribution in [3.05, 3.63) is 137 Å². The number of halogens is 2. The van der Waals surface area contributed by atoms with Crippen LogP contribution >= 0.6 is 0 Å². The van der Waals surface area contributed by atoms with E-state index in [2.05, 4.69) is 5.32 Å². The second-order valence-corrected chi connectivity index (χ2v) is 8.80. The first-order valence-electron chi connectivity index (χ1n) is 12.1. The van der Waals surface area contributed by atoms with Crippen molar-refractivity contribution in [3.63, 3.8) is 0 Å². The molecule has 1 heterocycles. The third-order valence-corrected chi connectivity index (χ3v) is 6.30. The van der Waals surface area contributed by atoms with Crippen LogP contribution in [-0.4, -0.2) is 20.5 Å². The molecule has 1 N–H and O–H groups in total. The topological polar surface area (TPSA) is 67.2 Å². The second kappa shape index (κ2) is 10.6.